The van der Waals surface area contributed by atoms with Crippen LogP contribution in [-0.2, 0) is 14.8 Å². The second-order valence-electron chi connectivity index (χ2n) is 3.54. The second-order valence-corrected chi connectivity index (χ2v) is 6.31. The van der Waals surface area contributed by atoms with Gasteiger partial charge in [-0.25, -0.2) is 8.42 Å². The lowest BCUT2D eigenvalue weighted by atomic mass is 9.93. The number of halogens is 1. The maximum Gasteiger partial charge on any atom is 0.238 e. The van der Waals surface area contributed by atoms with Crippen LogP contribution in [0.4, 0.5) is 0 Å². The Hall–Kier alpha value is -0.550. The van der Waals surface area contributed by atoms with Crippen molar-refractivity contribution >= 4 is 19.7 Å². The van der Waals surface area contributed by atoms with Crippen LogP contribution in [0.2, 0.25) is 0 Å². The van der Waals surface area contributed by atoms with Crippen LogP contribution < -0.4 is 0 Å². The van der Waals surface area contributed by atoms with Crippen molar-refractivity contribution in [2.24, 2.45) is 0 Å². The average Bonchev–Trinajstić information content (AvgIpc) is 2.30. The lowest BCUT2D eigenvalue weighted by Gasteiger charge is -2.27. The summed E-state index contributed by atoms with van der Waals surface area (Å²) in [5.74, 6) is -0.134. The largest absolute Gasteiger partial charge is 0.265 e. The number of hydrogen-bond acceptors (Lipinski definition) is 3. The molecule has 1 aliphatic rings. The van der Waals surface area contributed by atoms with Crippen molar-refractivity contribution in [3.8, 4) is 0 Å². The van der Waals surface area contributed by atoms with Gasteiger partial charge in [0, 0.05) is 16.9 Å². The third kappa shape index (κ3) is 2.09. The Balaban J connectivity index is 2.21. The van der Waals surface area contributed by atoms with E-state index in [1.54, 1.807) is 16.9 Å². The number of rotatable bonds is 3. The van der Waals surface area contributed by atoms with Crippen molar-refractivity contribution in [1.82, 2.24) is 9.78 Å². The van der Waals surface area contributed by atoms with Gasteiger partial charge in [0.2, 0.25) is 9.05 Å². The van der Waals surface area contributed by atoms with Crippen LogP contribution in [0, 0.1) is 0 Å². The first kappa shape index (κ1) is 9.98. The molecule has 1 fully saturated rings. The van der Waals surface area contributed by atoms with Crippen molar-refractivity contribution in [3.05, 3.63) is 18.0 Å². The van der Waals surface area contributed by atoms with E-state index in [9.17, 15) is 8.42 Å². The summed E-state index contributed by atoms with van der Waals surface area (Å²) in [7, 11) is 1.72. The van der Waals surface area contributed by atoms with Gasteiger partial charge in [-0.05, 0) is 25.3 Å². The minimum Gasteiger partial charge on any atom is -0.265 e. The highest BCUT2D eigenvalue weighted by Crippen LogP contribution is 2.32. The molecule has 0 bridgehead atoms. The third-order valence-corrected chi connectivity index (χ3v) is 3.46. The molecule has 1 heterocycles. The van der Waals surface area contributed by atoms with Gasteiger partial charge in [0.1, 0.15) is 5.75 Å². The highest BCUT2D eigenvalue weighted by Gasteiger charge is 2.23. The van der Waals surface area contributed by atoms with Gasteiger partial charge in [-0.15, -0.1) is 0 Å². The van der Waals surface area contributed by atoms with E-state index in [4.69, 9.17) is 10.7 Å². The number of nitrogens with zero attached hydrogens (tertiary/aromatic N) is 2. The molecular formula is C8H11ClN2O2S. The maximum absolute atomic E-state index is 10.9. The number of aromatic nitrogens is 2. The molecule has 0 N–H and O–H groups in total. The van der Waals surface area contributed by atoms with E-state index in [0.717, 1.165) is 12.8 Å². The predicted octanol–water partition coefficient (Wildman–Crippen LogP) is 1.68. The molecule has 78 valence electrons. The third-order valence-electron chi connectivity index (χ3n) is 2.49. The first-order valence-electron chi connectivity index (χ1n) is 4.51. The molecule has 0 atom stereocenters. The lowest BCUT2D eigenvalue weighted by molar-refractivity contribution is 0.284. The van der Waals surface area contributed by atoms with Gasteiger partial charge in [0.05, 0.1) is 11.7 Å². The van der Waals surface area contributed by atoms with Crippen molar-refractivity contribution in [1.29, 1.82) is 0 Å². The molecule has 6 heteroatoms. The molecule has 0 radical (unpaired) electrons. The Morgan fingerprint density at radius 2 is 2.29 bits per heavy atom. The summed E-state index contributed by atoms with van der Waals surface area (Å²) < 4.78 is 23.6. The van der Waals surface area contributed by atoms with Gasteiger partial charge in [-0.2, -0.15) is 5.10 Å². The monoisotopic (exact) mass is 234 g/mol. The zero-order valence-corrected chi connectivity index (χ0v) is 9.13. The van der Waals surface area contributed by atoms with E-state index in [0.29, 0.717) is 11.7 Å². The fourth-order valence-electron chi connectivity index (χ4n) is 1.59. The summed E-state index contributed by atoms with van der Waals surface area (Å²) in [4.78, 5) is 0. The van der Waals surface area contributed by atoms with Crippen LogP contribution in [-0.4, -0.2) is 18.2 Å². The molecule has 1 saturated carbocycles. The Kier molecular flexibility index (Phi) is 2.53. The van der Waals surface area contributed by atoms with E-state index in [-0.39, 0.29) is 5.75 Å². The molecule has 1 aromatic heterocycles. The highest BCUT2D eigenvalue weighted by molar-refractivity contribution is 8.13. The van der Waals surface area contributed by atoms with Gasteiger partial charge in [-0.3, -0.25) is 4.68 Å². The van der Waals surface area contributed by atoms with E-state index >= 15 is 0 Å². The van der Waals surface area contributed by atoms with E-state index in [1.807, 2.05) is 0 Å². The Morgan fingerprint density at radius 3 is 2.79 bits per heavy atom. The van der Waals surface area contributed by atoms with E-state index in [1.165, 1.54) is 6.42 Å². The number of hydrogen-bond donors (Lipinski definition) is 0. The SMILES string of the molecule is O=S(=O)(Cl)Cc1ccnn1C1CCC1. The molecule has 1 aliphatic carbocycles. The lowest BCUT2D eigenvalue weighted by Crippen LogP contribution is -2.20. The molecule has 0 aromatic carbocycles. The van der Waals surface area contributed by atoms with Crippen molar-refractivity contribution in [3.63, 3.8) is 0 Å². The van der Waals surface area contributed by atoms with Crippen LogP contribution in [0.15, 0.2) is 12.3 Å². The molecule has 0 unspecified atom stereocenters. The van der Waals surface area contributed by atoms with Crippen molar-refractivity contribution in [2.75, 3.05) is 0 Å². The first-order chi connectivity index (χ1) is 6.56. The average molecular weight is 235 g/mol. The van der Waals surface area contributed by atoms with Crippen molar-refractivity contribution < 1.29 is 8.42 Å². The van der Waals surface area contributed by atoms with Gasteiger partial charge in [-0.1, -0.05) is 0 Å². The molecule has 2 rings (SSSR count). The van der Waals surface area contributed by atoms with Gasteiger partial charge in [0.25, 0.3) is 0 Å². The van der Waals surface area contributed by atoms with Gasteiger partial charge < -0.3 is 0 Å². The molecule has 0 amide bonds. The Labute approximate surface area is 87.3 Å². The van der Waals surface area contributed by atoms with Crippen LogP contribution >= 0.6 is 10.7 Å². The molecule has 4 nitrogen and oxygen atoms in total. The zero-order chi connectivity index (χ0) is 10.2. The minimum absolute atomic E-state index is 0.134. The standard InChI is InChI=1S/C8H11ClN2O2S/c9-14(12,13)6-8-4-5-10-11(8)7-2-1-3-7/h4-5,7H,1-3,6H2. The van der Waals surface area contributed by atoms with Crippen LogP contribution in [0.3, 0.4) is 0 Å². The fraction of sp³-hybridized carbons (Fsp3) is 0.625. The predicted molar refractivity (Wildman–Crippen MR) is 53.6 cm³/mol. The minimum atomic E-state index is -3.48. The molecular weight excluding hydrogens is 224 g/mol. The first-order valence-corrected chi connectivity index (χ1v) is 6.99. The smallest absolute Gasteiger partial charge is 0.238 e. The topological polar surface area (TPSA) is 52.0 Å². The molecule has 0 aliphatic heterocycles. The van der Waals surface area contributed by atoms with Gasteiger partial charge >= 0.3 is 0 Å². The summed E-state index contributed by atoms with van der Waals surface area (Å²) in [6.45, 7) is 0. The summed E-state index contributed by atoms with van der Waals surface area (Å²) in [5.41, 5.74) is 0.685. The van der Waals surface area contributed by atoms with Crippen LogP contribution in [0.25, 0.3) is 0 Å². The normalized spacial score (nSPS) is 18.1. The summed E-state index contributed by atoms with van der Waals surface area (Å²) in [6, 6.07) is 2.08. The van der Waals surface area contributed by atoms with Crippen LogP contribution in [0.5, 0.6) is 0 Å². The molecule has 0 saturated heterocycles. The summed E-state index contributed by atoms with van der Waals surface area (Å²) in [6.07, 6.45) is 4.97. The second kappa shape index (κ2) is 3.55. The maximum atomic E-state index is 10.9. The molecule has 1 aromatic rings. The van der Waals surface area contributed by atoms with E-state index in [2.05, 4.69) is 5.10 Å². The summed E-state index contributed by atoms with van der Waals surface area (Å²) >= 11 is 0. The van der Waals surface area contributed by atoms with E-state index < -0.39 is 9.05 Å². The molecule has 14 heavy (non-hydrogen) atoms. The Morgan fingerprint density at radius 1 is 1.57 bits per heavy atom. The van der Waals surface area contributed by atoms with Crippen LogP contribution in [0.1, 0.15) is 31.0 Å². The quantitative estimate of drug-likeness (QED) is 0.748. The molecule has 0 spiro atoms. The fourth-order valence-corrected chi connectivity index (χ4v) is 2.51. The summed E-state index contributed by atoms with van der Waals surface area (Å²) in [5, 5.41) is 4.12. The van der Waals surface area contributed by atoms with Gasteiger partial charge in [0.15, 0.2) is 0 Å². The zero-order valence-electron chi connectivity index (χ0n) is 7.56. The Bertz CT molecular complexity index is 422. The van der Waals surface area contributed by atoms with Crippen molar-refractivity contribution in [2.45, 2.75) is 31.1 Å². The highest BCUT2D eigenvalue weighted by atomic mass is 35.7.